The Morgan fingerprint density at radius 1 is 1.11 bits per heavy atom. The molecule has 0 aromatic heterocycles. The molecule has 4 aliphatic rings. The summed E-state index contributed by atoms with van der Waals surface area (Å²) in [7, 11) is 0. The van der Waals surface area contributed by atoms with Crippen LogP contribution in [0.1, 0.15) is 65.7 Å². The minimum atomic E-state index is -1.33. The van der Waals surface area contributed by atoms with Crippen LogP contribution in [0.25, 0.3) is 0 Å². The summed E-state index contributed by atoms with van der Waals surface area (Å²) < 4.78 is 6.21. The molecule has 2 bridgehead atoms. The third kappa shape index (κ3) is 6.47. The molecule has 3 aliphatic heterocycles. The van der Waals surface area contributed by atoms with Crippen LogP contribution in [0.15, 0.2) is 12.2 Å². The summed E-state index contributed by atoms with van der Waals surface area (Å²) in [5, 5.41) is 35.4. The summed E-state index contributed by atoms with van der Waals surface area (Å²) in [6, 6.07) is -0.545. The molecule has 36 heavy (non-hydrogen) atoms. The van der Waals surface area contributed by atoms with E-state index in [4.69, 9.17) is 9.57 Å². The molecule has 9 heteroatoms. The number of nitrogens with one attached hydrogen (secondary N) is 2. The summed E-state index contributed by atoms with van der Waals surface area (Å²) in [5.74, 6) is 1.72. The number of hydrogen-bond donors (Lipinski definition) is 5. The Balaban J connectivity index is 1.55. The fourth-order valence-corrected chi connectivity index (χ4v) is 7.67. The SMILES string of the molecule is CC(C)C[C@@H]1CCC[C@H](C(=O)N[C@H]2[C@H]3O[C@H](SCCCC/C=C/[C@H]2C)[C@H](O)[C@@H](O)[C@H]3O)[C@@H]2ONCC12. The third-order valence-corrected chi connectivity index (χ3v) is 9.73. The first-order valence-electron chi connectivity index (χ1n) is 13.9. The van der Waals surface area contributed by atoms with E-state index in [9.17, 15) is 20.1 Å². The van der Waals surface area contributed by atoms with Crippen molar-refractivity contribution in [2.75, 3.05) is 12.3 Å². The summed E-state index contributed by atoms with van der Waals surface area (Å²) >= 11 is 1.47. The molecule has 2 saturated heterocycles. The Labute approximate surface area is 219 Å². The van der Waals surface area contributed by atoms with Crippen molar-refractivity contribution in [1.82, 2.24) is 10.8 Å². The standard InChI is InChI=1S/C27H46N2O6S/c1-15(2)13-17-10-8-11-18(24-19(17)14-28-35-24)26(33)29-20-16(3)9-6-4-5-7-12-36-27-23(32)21(30)22(31)25(20)34-27/h6,9,15-25,27-28,30-32H,4-5,7-8,10-14H2,1-3H3,(H,29,33)/b9-6+/t16-,17+,18+,19?,20-,21+,22-,23-,24+,25-,27-/m1/s1. The number of hydroxylamine groups is 1. The van der Waals surface area contributed by atoms with E-state index in [2.05, 4.69) is 36.8 Å². The third-order valence-electron chi connectivity index (χ3n) is 8.49. The van der Waals surface area contributed by atoms with Gasteiger partial charge in [0.15, 0.2) is 0 Å². The molecule has 11 atom stereocenters. The number of thioether (sulfide) groups is 1. The van der Waals surface area contributed by atoms with Crippen molar-refractivity contribution < 1.29 is 29.7 Å². The highest BCUT2D eigenvalue weighted by Gasteiger charge is 2.50. The van der Waals surface area contributed by atoms with E-state index in [1.807, 2.05) is 6.92 Å². The van der Waals surface area contributed by atoms with Crippen LogP contribution in [0.4, 0.5) is 0 Å². The Morgan fingerprint density at radius 3 is 2.69 bits per heavy atom. The van der Waals surface area contributed by atoms with Gasteiger partial charge < -0.3 is 25.4 Å². The van der Waals surface area contributed by atoms with Gasteiger partial charge in [0.25, 0.3) is 0 Å². The van der Waals surface area contributed by atoms with Crippen molar-refractivity contribution in [3.05, 3.63) is 12.2 Å². The zero-order chi connectivity index (χ0) is 25.8. The predicted molar refractivity (Wildman–Crippen MR) is 140 cm³/mol. The molecule has 3 heterocycles. The normalized spacial score (nSPS) is 45.1. The lowest BCUT2D eigenvalue weighted by Crippen LogP contribution is -2.64. The Hall–Kier alpha value is -0.680. The fourth-order valence-electron chi connectivity index (χ4n) is 6.50. The summed E-state index contributed by atoms with van der Waals surface area (Å²) in [6.07, 6.45) is 6.31. The highest BCUT2D eigenvalue weighted by molar-refractivity contribution is 7.99. The van der Waals surface area contributed by atoms with Crippen LogP contribution in [0.3, 0.4) is 0 Å². The number of fused-ring (bicyclic) bond motifs is 3. The number of ether oxygens (including phenoxy) is 1. The van der Waals surface area contributed by atoms with E-state index in [0.717, 1.165) is 57.2 Å². The number of amides is 1. The minimum absolute atomic E-state index is 0.0862. The van der Waals surface area contributed by atoms with Crippen molar-refractivity contribution in [2.45, 2.75) is 108 Å². The lowest BCUT2D eigenvalue weighted by molar-refractivity contribution is -0.207. The highest BCUT2D eigenvalue weighted by atomic mass is 32.2. The van der Waals surface area contributed by atoms with Gasteiger partial charge >= 0.3 is 0 Å². The smallest absolute Gasteiger partial charge is 0.226 e. The molecule has 5 N–H and O–H groups in total. The number of carbonyl (C=O) groups is 1. The van der Waals surface area contributed by atoms with Crippen molar-refractivity contribution in [3.63, 3.8) is 0 Å². The van der Waals surface area contributed by atoms with E-state index in [0.29, 0.717) is 17.8 Å². The van der Waals surface area contributed by atoms with Gasteiger partial charge in [-0.2, -0.15) is 0 Å². The number of allylic oxidation sites excluding steroid dienone is 1. The second kappa shape index (κ2) is 12.9. The molecule has 0 radical (unpaired) electrons. The zero-order valence-electron chi connectivity index (χ0n) is 21.9. The maximum atomic E-state index is 13.8. The van der Waals surface area contributed by atoms with Gasteiger partial charge in [-0.3, -0.25) is 9.63 Å². The van der Waals surface area contributed by atoms with Crippen molar-refractivity contribution in [2.24, 2.45) is 29.6 Å². The van der Waals surface area contributed by atoms with Gasteiger partial charge in [-0.15, -0.1) is 11.8 Å². The maximum absolute atomic E-state index is 13.8. The van der Waals surface area contributed by atoms with Gasteiger partial charge in [-0.1, -0.05) is 39.3 Å². The number of carbonyl (C=O) groups excluding carboxylic acids is 1. The molecular weight excluding hydrogens is 480 g/mol. The Kier molecular flexibility index (Phi) is 10.2. The molecule has 3 fully saturated rings. The molecule has 1 saturated carbocycles. The molecule has 4 rings (SSSR count). The Bertz CT molecular complexity index is 754. The molecule has 8 nitrogen and oxygen atoms in total. The topological polar surface area (TPSA) is 120 Å². The van der Waals surface area contributed by atoms with E-state index in [1.165, 1.54) is 11.8 Å². The lowest BCUT2D eigenvalue weighted by Gasteiger charge is -2.45. The van der Waals surface area contributed by atoms with Crippen LogP contribution in [-0.4, -0.2) is 75.5 Å². The Morgan fingerprint density at radius 2 is 1.92 bits per heavy atom. The largest absolute Gasteiger partial charge is 0.388 e. The van der Waals surface area contributed by atoms with Crippen LogP contribution in [0.2, 0.25) is 0 Å². The maximum Gasteiger partial charge on any atom is 0.226 e. The van der Waals surface area contributed by atoms with Crippen LogP contribution in [-0.2, 0) is 14.4 Å². The van der Waals surface area contributed by atoms with Crippen LogP contribution >= 0.6 is 11.8 Å². The summed E-state index contributed by atoms with van der Waals surface area (Å²) in [4.78, 5) is 19.8. The van der Waals surface area contributed by atoms with Gasteiger partial charge in [0.05, 0.1) is 18.1 Å². The monoisotopic (exact) mass is 526 g/mol. The number of aliphatic hydroxyl groups excluding tert-OH is 3. The molecule has 206 valence electrons. The molecule has 1 aliphatic carbocycles. The number of rotatable bonds is 4. The van der Waals surface area contributed by atoms with Crippen molar-refractivity contribution >= 4 is 17.7 Å². The molecule has 0 aromatic rings. The molecule has 0 aromatic carbocycles. The van der Waals surface area contributed by atoms with Crippen LogP contribution in [0, 0.1) is 29.6 Å². The molecule has 1 amide bonds. The lowest BCUT2D eigenvalue weighted by atomic mass is 9.79. The zero-order valence-corrected chi connectivity index (χ0v) is 22.7. The molecular formula is C27H46N2O6S. The average Bonchev–Trinajstić information content (AvgIpc) is 3.25. The van der Waals surface area contributed by atoms with E-state index in [1.54, 1.807) is 0 Å². The molecule has 0 spiro atoms. The van der Waals surface area contributed by atoms with Gasteiger partial charge in [0, 0.05) is 12.5 Å². The summed E-state index contributed by atoms with van der Waals surface area (Å²) in [5.41, 5.74) is 2.42. The summed E-state index contributed by atoms with van der Waals surface area (Å²) in [6.45, 7) is 7.27. The number of hydrogen-bond acceptors (Lipinski definition) is 8. The minimum Gasteiger partial charge on any atom is -0.388 e. The van der Waals surface area contributed by atoms with Crippen molar-refractivity contribution in [3.8, 4) is 0 Å². The van der Waals surface area contributed by atoms with Crippen LogP contribution < -0.4 is 10.8 Å². The quantitative estimate of drug-likeness (QED) is 0.354. The first-order valence-corrected chi connectivity index (χ1v) is 15.0. The van der Waals surface area contributed by atoms with Crippen LogP contribution in [0.5, 0.6) is 0 Å². The van der Waals surface area contributed by atoms with Gasteiger partial charge in [0.1, 0.15) is 29.9 Å². The van der Waals surface area contributed by atoms with Gasteiger partial charge in [-0.25, -0.2) is 5.48 Å². The first-order chi connectivity index (χ1) is 17.3. The first kappa shape index (κ1) is 28.3. The molecule has 1 unspecified atom stereocenters. The van der Waals surface area contributed by atoms with Crippen molar-refractivity contribution in [1.29, 1.82) is 0 Å². The second-order valence-corrected chi connectivity index (χ2v) is 12.9. The predicted octanol–water partition coefficient (Wildman–Crippen LogP) is 2.37. The second-order valence-electron chi connectivity index (χ2n) is 11.7. The fraction of sp³-hybridized carbons (Fsp3) is 0.889. The van der Waals surface area contributed by atoms with E-state index in [-0.39, 0.29) is 23.8 Å². The van der Waals surface area contributed by atoms with E-state index < -0.39 is 35.9 Å². The van der Waals surface area contributed by atoms with E-state index >= 15 is 0 Å². The van der Waals surface area contributed by atoms with Gasteiger partial charge in [0.2, 0.25) is 5.91 Å². The highest BCUT2D eigenvalue weighted by Crippen LogP contribution is 2.40. The number of aliphatic hydroxyl groups is 3. The van der Waals surface area contributed by atoms with Gasteiger partial charge in [-0.05, 0) is 62.0 Å². The average molecular weight is 527 g/mol.